The van der Waals surface area contributed by atoms with Gasteiger partial charge in [-0.15, -0.1) is 13.2 Å². The average molecular weight is 473 g/mol. The second-order valence-corrected chi connectivity index (χ2v) is 9.36. The summed E-state index contributed by atoms with van der Waals surface area (Å²) in [7, 11) is 0. The summed E-state index contributed by atoms with van der Waals surface area (Å²) in [6.45, 7) is 4.77. The van der Waals surface area contributed by atoms with Gasteiger partial charge in [0.2, 0.25) is 0 Å². The van der Waals surface area contributed by atoms with E-state index in [4.69, 9.17) is 5.73 Å². The molecule has 3 N–H and O–H groups in total. The van der Waals surface area contributed by atoms with Crippen LogP contribution < -0.4 is 20.7 Å². The van der Waals surface area contributed by atoms with Gasteiger partial charge in [0, 0.05) is 36.4 Å². The largest absolute Gasteiger partial charge is 0.573 e. The predicted molar refractivity (Wildman–Crippen MR) is 120 cm³/mol. The topological polar surface area (TPSA) is 104 Å². The standard InChI is InChI=1S/C24H26F3N5O2/c1-14(15-6-7-15)31-22(33)18-12-30-19(11-28)20(21(18)32-9-8-23(2,29)13-32)16-4-3-5-17(10-16)34-24(25,26)27/h3-5,10,12,14-15H,6-9,13,29H2,1-2H3,(H,31,33)/t14?,23-/m0/s1. The van der Waals surface area contributed by atoms with E-state index in [1.807, 2.05) is 24.8 Å². The molecule has 2 aliphatic rings. The van der Waals surface area contributed by atoms with Gasteiger partial charge in [-0.2, -0.15) is 5.26 Å². The Kier molecular flexibility index (Phi) is 6.16. The number of hydrogen-bond acceptors (Lipinski definition) is 6. The number of amides is 1. The van der Waals surface area contributed by atoms with E-state index in [1.54, 1.807) is 6.07 Å². The number of nitrogens with one attached hydrogen (secondary N) is 1. The summed E-state index contributed by atoms with van der Waals surface area (Å²) in [6, 6.07) is 7.33. The van der Waals surface area contributed by atoms with E-state index in [0.717, 1.165) is 12.8 Å². The van der Waals surface area contributed by atoms with Crippen LogP contribution in [0.4, 0.5) is 18.9 Å². The molecular formula is C24H26F3N5O2. The molecule has 1 aromatic carbocycles. The number of halogens is 3. The van der Waals surface area contributed by atoms with Gasteiger partial charge >= 0.3 is 6.36 Å². The van der Waals surface area contributed by atoms with Crippen LogP contribution in [0.5, 0.6) is 5.75 Å². The van der Waals surface area contributed by atoms with Crippen molar-refractivity contribution in [3.05, 3.63) is 41.7 Å². The van der Waals surface area contributed by atoms with Gasteiger partial charge in [-0.1, -0.05) is 12.1 Å². The van der Waals surface area contributed by atoms with Crippen molar-refractivity contribution in [3.8, 4) is 22.9 Å². The Morgan fingerprint density at radius 3 is 2.74 bits per heavy atom. The van der Waals surface area contributed by atoms with Gasteiger partial charge in [-0.05, 0) is 56.7 Å². The van der Waals surface area contributed by atoms with Crippen molar-refractivity contribution >= 4 is 11.6 Å². The van der Waals surface area contributed by atoms with Gasteiger partial charge < -0.3 is 20.7 Å². The number of nitriles is 1. The molecule has 1 aromatic heterocycles. The number of hydrogen-bond donors (Lipinski definition) is 2. The molecule has 0 bridgehead atoms. The van der Waals surface area contributed by atoms with Gasteiger partial charge in [0.25, 0.3) is 5.91 Å². The first kappa shape index (κ1) is 23.8. The predicted octanol–water partition coefficient (Wildman–Crippen LogP) is 3.97. The van der Waals surface area contributed by atoms with Crippen LogP contribution >= 0.6 is 0 Å². The SMILES string of the molecule is CC(NC(=O)c1cnc(C#N)c(-c2cccc(OC(F)(F)F)c2)c1N1CC[C@](C)(N)C1)C1CC1. The molecule has 2 atom stereocenters. The van der Waals surface area contributed by atoms with Crippen LogP contribution in [0.15, 0.2) is 30.5 Å². The highest BCUT2D eigenvalue weighted by Crippen LogP contribution is 2.40. The van der Waals surface area contributed by atoms with Crippen LogP contribution in [0.2, 0.25) is 0 Å². The molecule has 1 saturated carbocycles. The van der Waals surface area contributed by atoms with E-state index in [0.29, 0.717) is 31.1 Å². The number of anilines is 1. The van der Waals surface area contributed by atoms with E-state index in [-0.39, 0.29) is 34.3 Å². The minimum Gasteiger partial charge on any atom is -0.406 e. The van der Waals surface area contributed by atoms with Crippen LogP contribution in [0.3, 0.4) is 0 Å². The van der Waals surface area contributed by atoms with Gasteiger partial charge in [0.1, 0.15) is 17.5 Å². The van der Waals surface area contributed by atoms with E-state index in [1.165, 1.54) is 24.4 Å². The Morgan fingerprint density at radius 2 is 2.15 bits per heavy atom. The molecule has 2 aromatic rings. The van der Waals surface area contributed by atoms with Crippen LogP contribution in [0, 0.1) is 17.2 Å². The molecule has 4 rings (SSSR count). The number of pyridine rings is 1. The van der Waals surface area contributed by atoms with Crippen LogP contribution in [0.25, 0.3) is 11.1 Å². The van der Waals surface area contributed by atoms with Gasteiger partial charge in [0.15, 0.2) is 0 Å². The van der Waals surface area contributed by atoms with Crippen molar-refractivity contribution < 1.29 is 22.7 Å². The van der Waals surface area contributed by atoms with Crippen molar-refractivity contribution in [2.75, 3.05) is 18.0 Å². The Labute approximate surface area is 195 Å². The third-order valence-corrected chi connectivity index (χ3v) is 6.27. The molecule has 1 unspecified atom stereocenters. The molecule has 1 saturated heterocycles. The Balaban J connectivity index is 1.85. The summed E-state index contributed by atoms with van der Waals surface area (Å²) in [5.41, 5.74) is 7.07. The van der Waals surface area contributed by atoms with Crippen molar-refractivity contribution in [2.45, 2.75) is 51.1 Å². The number of carbonyl (C=O) groups is 1. The highest BCUT2D eigenvalue weighted by Gasteiger charge is 2.36. The van der Waals surface area contributed by atoms with Gasteiger partial charge in [-0.3, -0.25) is 4.79 Å². The molecule has 10 heteroatoms. The molecule has 0 radical (unpaired) electrons. The van der Waals surface area contributed by atoms with E-state index >= 15 is 0 Å². The molecule has 34 heavy (non-hydrogen) atoms. The van der Waals surface area contributed by atoms with Crippen LogP contribution in [-0.2, 0) is 0 Å². The molecule has 2 heterocycles. The van der Waals surface area contributed by atoms with E-state index in [9.17, 15) is 23.2 Å². The third-order valence-electron chi connectivity index (χ3n) is 6.27. The van der Waals surface area contributed by atoms with E-state index in [2.05, 4.69) is 15.0 Å². The highest BCUT2D eigenvalue weighted by atomic mass is 19.4. The Hall–Kier alpha value is -3.32. The lowest BCUT2D eigenvalue weighted by atomic mass is 9.97. The minimum absolute atomic E-state index is 0.00317. The molecule has 0 spiro atoms. The number of rotatable bonds is 6. The number of carbonyl (C=O) groups excluding carboxylic acids is 1. The average Bonchev–Trinajstić information content (AvgIpc) is 3.54. The van der Waals surface area contributed by atoms with Crippen molar-refractivity contribution in [1.29, 1.82) is 5.26 Å². The van der Waals surface area contributed by atoms with Crippen molar-refractivity contribution in [3.63, 3.8) is 0 Å². The molecule has 2 fully saturated rings. The van der Waals surface area contributed by atoms with Crippen LogP contribution in [-0.4, -0.2) is 41.9 Å². The lowest BCUT2D eigenvalue weighted by Gasteiger charge is -2.27. The minimum atomic E-state index is -4.87. The highest BCUT2D eigenvalue weighted by molar-refractivity contribution is 6.04. The van der Waals surface area contributed by atoms with Gasteiger partial charge in [-0.25, -0.2) is 4.98 Å². The zero-order valence-electron chi connectivity index (χ0n) is 18.9. The monoisotopic (exact) mass is 473 g/mol. The summed E-state index contributed by atoms with van der Waals surface area (Å²) < 4.78 is 42.6. The Bertz CT molecular complexity index is 1140. The lowest BCUT2D eigenvalue weighted by Crippen LogP contribution is -2.40. The maximum absolute atomic E-state index is 13.3. The summed E-state index contributed by atoms with van der Waals surface area (Å²) >= 11 is 0. The summed E-state index contributed by atoms with van der Waals surface area (Å²) in [4.78, 5) is 19.4. The second kappa shape index (κ2) is 8.80. The fourth-order valence-corrected chi connectivity index (χ4v) is 4.38. The summed E-state index contributed by atoms with van der Waals surface area (Å²) in [5.74, 6) is -0.350. The quantitative estimate of drug-likeness (QED) is 0.658. The summed E-state index contributed by atoms with van der Waals surface area (Å²) in [6.07, 6.45) is -0.763. The summed E-state index contributed by atoms with van der Waals surface area (Å²) in [5, 5.41) is 12.8. The number of aromatic nitrogens is 1. The molecule has 1 aliphatic heterocycles. The first-order chi connectivity index (χ1) is 16.0. The number of nitrogens with zero attached hydrogens (tertiary/aromatic N) is 3. The fourth-order valence-electron chi connectivity index (χ4n) is 4.38. The first-order valence-corrected chi connectivity index (χ1v) is 11.1. The van der Waals surface area contributed by atoms with E-state index < -0.39 is 17.7 Å². The van der Waals surface area contributed by atoms with Crippen LogP contribution in [0.1, 0.15) is 49.2 Å². The van der Waals surface area contributed by atoms with Gasteiger partial charge in [0.05, 0.1) is 11.3 Å². The molecule has 7 nitrogen and oxygen atoms in total. The zero-order chi connectivity index (χ0) is 24.7. The lowest BCUT2D eigenvalue weighted by molar-refractivity contribution is -0.274. The maximum Gasteiger partial charge on any atom is 0.573 e. The smallest absolute Gasteiger partial charge is 0.406 e. The van der Waals surface area contributed by atoms with Crippen molar-refractivity contribution in [1.82, 2.24) is 10.3 Å². The number of benzene rings is 1. The Morgan fingerprint density at radius 1 is 1.41 bits per heavy atom. The molecule has 1 aliphatic carbocycles. The number of nitrogens with two attached hydrogens (primary N) is 1. The fraction of sp³-hybridized carbons (Fsp3) is 0.458. The zero-order valence-corrected chi connectivity index (χ0v) is 18.9. The number of alkyl halides is 3. The first-order valence-electron chi connectivity index (χ1n) is 11.1. The molecule has 1 amide bonds. The number of ether oxygens (including phenoxy) is 1. The molecule has 180 valence electrons. The maximum atomic E-state index is 13.3. The normalized spacial score (nSPS) is 21.1. The third kappa shape index (κ3) is 5.25. The van der Waals surface area contributed by atoms with Crippen molar-refractivity contribution in [2.24, 2.45) is 11.7 Å². The second-order valence-electron chi connectivity index (χ2n) is 9.36. The molecular weight excluding hydrogens is 447 g/mol.